The molecule has 1 aliphatic heterocycles. The van der Waals surface area contributed by atoms with Gasteiger partial charge in [-0.2, -0.15) is 5.26 Å². The highest BCUT2D eigenvalue weighted by Crippen LogP contribution is 2.22. The third-order valence-corrected chi connectivity index (χ3v) is 5.20. The fraction of sp³-hybridized carbons (Fsp3) is 0.364. The van der Waals surface area contributed by atoms with Crippen LogP contribution in [0.25, 0.3) is 0 Å². The van der Waals surface area contributed by atoms with Gasteiger partial charge in [-0.15, -0.1) is 0 Å². The highest BCUT2D eigenvalue weighted by molar-refractivity contribution is 5.91. The van der Waals surface area contributed by atoms with Gasteiger partial charge in [0.25, 0.3) is 0 Å². The summed E-state index contributed by atoms with van der Waals surface area (Å²) < 4.78 is 0. The number of carbonyl (C=O) groups is 1. The summed E-state index contributed by atoms with van der Waals surface area (Å²) in [4.78, 5) is 19.0. The molecule has 0 radical (unpaired) electrons. The highest BCUT2D eigenvalue weighted by Gasteiger charge is 2.22. The number of piperazine rings is 1. The molecular weight excluding hydrogens is 350 g/mol. The molecule has 0 atom stereocenters. The number of hydrogen-bond acceptors (Lipinski definition) is 4. The van der Waals surface area contributed by atoms with Gasteiger partial charge in [-0.1, -0.05) is 12.1 Å². The van der Waals surface area contributed by atoms with E-state index in [-0.39, 0.29) is 6.03 Å². The monoisotopic (exact) mass is 377 g/mol. The number of para-hydroxylation sites is 1. The van der Waals surface area contributed by atoms with Crippen LogP contribution in [0.4, 0.5) is 21.9 Å². The number of nitriles is 1. The predicted molar refractivity (Wildman–Crippen MR) is 114 cm³/mol. The van der Waals surface area contributed by atoms with E-state index in [1.807, 2.05) is 6.07 Å². The fourth-order valence-corrected chi connectivity index (χ4v) is 3.51. The molecule has 6 nitrogen and oxygen atoms in total. The number of amides is 2. The van der Waals surface area contributed by atoms with Gasteiger partial charge in [-0.3, -0.25) is 0 Å². The molecule has 1 heterocycles. The Morgan fingerprint density at radius 1 is 1.04 bits per heavy atom. The van der Waals surface area contributed by atoms with Gasteiger partial charge in [0.15, 0.2) is 0 Å². The summed E-state index contributed by atoms with van der Waals surface area (Å²) >= 11 is 0. The number of rotatable bonds is 5. The van der Waals surface area contributed by atoms with Crippen molar-refractivity contribution >= 4 is 23.1 Å². The average Bonchev–Trinajstić information content (AvgIpc) is 2.75. The lowest BCUT2D eigenvalue weighted by molar-refractivity contribution is 0.208. The minimum atomic E-state index is -0.153. The number of nitrogens with zero attached hydrogens (tertiary/aromatic N) is 4. The van der Waals surface area contributed by atoms with E-state index in [1.165, 1.54) is 11.4 Å². The van der Waals surface area contributed by atoms with Crippen LogP contribution in [0.15, 0.2) is 48.5 Å². The maximum absolute atomic E-state index is 12.5. The molecule has 146 valence electrons. The molecular formula is C22H27N5O. The number of hydrogen-bond donors (Lipinski definition) is 1. The number of nitrogens with one attached hydrogen (secondary N) is 1. The van der Waals surface area contributed by atoms with Gasteiger partial charge in [0.05, 0.1) is 11.3 Å². The first-order valence-corrected chi connectivity index (χ1v) is 9.81. The fourth-order valence-electron chi connectivity index (χ4n) is 3.51. The van der Waals surface area contributed by atoms with Gasteiger partial charge in [-0.05, 0) is 50.2 Å². The minimum Gasteiger partial charge on any atom is -0.372 e. The maximum atomic E-state index is 12.5. The normalized spacial score (nSPS) is 13.8. The van der Waals surface area contributed by atoms with Gasteiger partial charge in [-0.25, -0.2) is 4.79 Å². The van der Waals surface area contributed by atoms with Gasteiger partial charge in [0.1, 0.15) is 6.07 Å². The van der Waals surface area contributed by atoms with E-state index in [1.54, 1.807) is 23.1 Å². The Morgan fingerprint density at radius 2 is 1.68 bits per heavy atom. The van der Waals surface area contributed by atoms with Crippen molar-refractivity contribution in [2.75, 3.05) is 54.4 Å². The molecule has 0 aliphatic carbocycles. The molecule has 0 saturated carbocycles. The van der Waals surface area contributed by atoms with E-state index >= 15 is 0 Å². The van der Waals surface area contributed by atoms with Gasteiger partial charge >= 0.3 is 6.03 Å². The molecule has 2 aromatic rings. The van der Waals surface area contributed by atoms with Crippen LogP contribution in [0.2, 0.25) is 0 Å². The molecule has 2 aromatic carbocycles. The van der Waals surface area contributed by atoms with Crippen LogP contribution in [-0.4, -0.2) is 50.2 Å². The predicted octanol–water partition coefficient (Wildman–Crippen LogP) is 3.76. The summed E-state index contributed by atoms with van der Waals surface area (Å²) in [6.07, 6.45) is 0. The summed E-state index contributed by atoms with van der Waals surface area (Å²) in [5.74, 6) is 0. The molecule has 1 fully saturated rings. The van der Waals surface area contributed by atoms with Crippen LogP contribution in [0.3, 0.4) is 0 Å². The van der Waals surface area contributed by atoms with Crippen LogP contribution >= 0.6 is 0 Å². The molecule has 1 saturated heterocycles. The first-order valence-electron chi connectivity index (χ1n) is 9.81. The van der Waals surface area contributed by atoms with E-state index in [2.05, 4.69) is 59.3 Å². The van der Waals surface area contributed by atoms with Crippen molar-refractivity contribution < 1.29 is 4.79 Å². The lowest BCUT2D eigenvalue weighted by Gasteiger charge is -2.36. The van der Waals surface area contributed by atoms with Gasteiger partial charge < -0.3 is 20.0 Å². The van der Waals surface area contributed by atoms with E-state index in [9.17, 15) is 4.79 Å². The second-order valence-corrected chi connectivity index (χ2v) is 6.75. The van der Waals surface area contributed by atoms with Crippen molar-refractivity contribution in [1.82, 2.24) is 4.90 Å². The van der Waals surface area contributed by atoms with Crippen molar-refractivity contribution in [3.05, 3.63) is 54.1 Å². The van der Waals surface area contributed by atoms with E-state index in [0.29, 0.717) is 24.3 Å². The molecule has 28 heavy (non-hydrogen) atoms. The Bertz CT molecular complexity index is 831. The van der Waals surface area contributed by atoms with Crippen LogP contribution in [0.5, 0.6) is 0 Å². The quantitative estimate of drug-likeness (QED) is 0.862. The first kappa shape index (κ1) is 19.6. The van der Waals surface area contributed by atoms with Gasteiger partial charge in [0, 0.05) is 50.6 Å². The number of anilines is 3. The smallest absolute Gasteiger partial charge is 0.322 e. The van der Waals surface area contributed by atoms with Crippen LogP contribution < -0.4 is 15.1 Å². The molecule has 1 aliphatic rings. The molecule has 0 bridgehead atoms. The van der Waals surface area contributed by atoms with Crippen molar-refractivity contribution in [1.29, 1.82) is 5.26 Å². The molecule has 2 amide bonds. The number of benzene rings is 2. The first-order chi connectivity index (χ1) is 13.7. The summed E-state index contributed by atoms with van der Waals surface area (Å²) in [5, 5.41) is 12.0. The van der Waals surface area contributed by atoms with E-state index < -0.39 is 0 Å². The molecule has 0 aromatic heterocycles. The Kier molecular flexibility index (Phi) is 6.38. The third-order valence-electron chi connectivity index (χ3n) is 5.20. The van der Waals surface area contributed by atoms with Crippen molar-refractivity contribution in [2.45, 2.75) is 13.8 Å². The highest BCUT2D eigenvalue weighted by atomic mass is 16.2. The summed E-state index contributed by atoms with van der Waals surface area (Å²) in [7, 11) is 0. The Labute approximate surface area is 167 Å². The zero-order chi connectivity index (χ0) is 19.9. The van der Waals surface area contributed by atoms with Crippen molar-refractivity contribution in [3.63, 3.8) is 0 Å². The topological polar surface area (TPSA) is 62.6 Å². The zero-order valence-corrected chi connectivity index (χ0v) is 16.6. The summed E-state index contributed by atoms with van der Waals surface area (Å²) in [6, 6.07) is 17.7. The van der Waals surface area contributed by atoms with Gasteiger partial charge in [0.2, 0.25) is 0 Å². The van der Waals surface area contributed by atoms with Crippen molar-refractivity contribution in [2.24, 2.45) is 0 Å². The molecule has 6 heteroatoms. The second kappa shape index (κ2) is 9.14. The van der Waals surface area contributed by atoms with E-state index in [0.717, 1.165) is 26.2 Å². The largest absolute Gasteiger partial charge is 0.372 e. The minimum absolute atomic E-state index is 0.153. The number of urea groups is 1. The Hall–Kier alpha value is -3.20. The number of carbonyl (C=O) groups excluding carboxylic acids is 1. The summed E-state index contributed by atoms with van der Waals surface area (Å²) in [6.45, 7) is 9.21. The summed E-state index contributed by atoms with van der Waals surface area (Å²) in [5.41, 5.74) is 3.46. The van der Waals surface area contributed by atoms with Crippen LogP contribution in [-0.2, 0) is 0 Å². The third kappa shape index (κ3) is 4.37. The molecule has 0 spiro atoms. The lowest BCUT2D eigenvalue weighted by Crippen LogP contribution is -2.50. The molecule has 0 unspecified atom stereocenters. The molecule has 3 rings (SSSR count). The molecule has 1 N–H and O–H groups in total. The standard InChI is InChI=1S/C22H27N5O/c1-3-25(4-2)19-9-11-20(12-10-19)26-13-15-27(16-14-26)22(28)24-21-8-6-5-7-18(21)17-23/h5-12H,3-4,13-16H2,1-2H3,(H,24,28). The maximum Gasteiger partial charge on any atom is 0.322 e. The Morgan fingerprint density at radius 3 is 2.29 bits per heavy atom. The Balaban J connectivity index is 1.57. The van der Waals surface area contributed by atoms with Crippen molar-refractivity contribution in [3.8, 4) is 6.07 Å². The van der Waals surface area contributed by atoms with Crippen LogP contribution in [0, 0.1) is 11.3 Å². The SMILES string of the molecule is CCN(CC)c1ccc(N2CCN(C(=O)Nc3ccccc3C#N)CC2)cc1. The van der Waals surface area contributed by atoms with E-state index in [4.69, 9.17) is 5.26 Å². The second-order valence-electron chi connectivity index (χ2n) is 6.75. The average molecular weight is 377 g/mol. The zero-order valence-electron chi connectivity index (χ0n) is 16.6. The van der Waals surface area contributed by atoms with Crippen LogP contribution in [0.1, 0.15) is 19.4 Å². The lowest BCUT2D eigenvalue weighted by atomic mass is 10.2.